The highest BCUT2D eigenvalue weighted by Crippen LogP contribution is 2.25. The standard InChI is InChI=1S/C16H23NO4S/c1-5-8-20-12(4)16(19)21-10-14(18)17-15(11(2)3)13-7-6-9-22-13/h5-7,9,11-12,15H,1,8,10H2,2-4H3,(H,17,18). The highest BCUT2D eigenvalue weighted by Gasteiger charge is 2.21. The maximum atomic E-state index is 12.0. The molecule has 0 fully saturated rings. The van der Waals surface area contributed by atoms with Crippen LogP contribution in [0.3, 0.4) is 0 Å². The van der Waals surface area contributed by atoms with Crippen LogP contribution >= 0.6 is 11.3 Å². The van der Waals surface area contributed by atoms with Crippen molar-refractivity contribution >= 4 is 23.2 Å². The first-order chi connectivity index (χ1) is 10.5. The summed E-state index contributed by atoms with van der Waals surface area (Å²) in [7, 11) is 0. The summed E-state index contributed by atoms with van der Waals surface area (Å²) in [5.41, 5.74) is 0. The zero-order valence-electron chi connectivity index (χ0n) is 13.2. The average Bonchev–Trinajstić information content (AvgIpc) is 3.01. The van der Waals surface area contributed by atoms with Crippen molar-refractivity contribution in [2.24, 2.45) is 5.92 Å². The summed E-state index contributed by atoms with van der Waals surface area (Å²) in [6.07, 6.45) is 0.828. The second-order valence-electron chi connectivity index (χ2n) is 5.18. The Morgan fingerprint density at radius 3 is 2.68 bits per heavy atom. The smallest absolute Gasteiger partial charge is 0.335 e. The first-order valence-corrected chi connectivity index (χ1v) is 8.05. The molecule has 0 radical (unpaired) electrons. The molecule has 0 aliphatic rings. The van der Waals surface area contributed by atoms with E-state index in [1.54, 1.807) is 24.3 Å². The Morgan fingerprint density at radius 1 is 1.41 bits per heavy atom. The molecule has 1 aromatic rings. The van der Waals surface area contributed by atoms with Gasteiger partial charge in [0.05, 0.1) is 12.6 Å². The Balaban J connectivity index is 2.44. The summed E-state index contributed by atoms with van der Waals surface area (Å²) in [5, 5.41) is 4.86. The molecule has 6 heteroatoms. The number of thiophene rings is 1. The van der Waals surface area contributed by atoms with E-state index in [0.29, 0.717) is 0 Å². The van der Waals surface area contributed by atoms with Gasteiger partial charge in [-0.1, -0.05) is 26.0 Å². The molecule has 122 valence electrons. The Hall–Kier alpha value is -1.66. The summed E-state index contributed by atoms with van der Waals surface area (Å²) in [6, 6.07) is 3.84. The molecule has 0 aromatic carbocycles. The van der Waals surface area contributed by atoms with Crippen LogP contribution in [0.1, 0.15) is 31.7 Å². The maximum Gasteiger partial charge on any atom is 0.335 e. The lowest BCUT2D eigenvalue weighted by Gasteiger charge is -2.21. The predicted molar refractivity (Wildman–Crippen MR) is 86.6 cm³/mol. The first kappa shape index (κ1) is 18.4. The molecule has 0 aliphatic heterocycles. The fourth-order valence-electron chi connectivity index (χ4n) is 1.78. The van der Waals surface area contributed by atoms with Crippen molar-refractivity contribution in [2.45, 2.75) is 32.9 Å². The third kappa shape index (κ3) is 5.99. The summed E-state index contributed by atoms with van der Waals surface area (Å²) < 4.78 is 10.1. The molecule has 1 aromatic heterocycles. The van der Waals surface area contributed by atoms with Gasteiger partial charge in [-0.2, -0.15) is 0 Å². The largest absolute Gasteiger partial charge is 0.454 e. The van der Waals surface area contributed by atoms with Gasteiger partial charge >= 0.3 is 5.97 Å². The highest BCUT2D eigenvalue weighted by atomic mass is 32.1. The molecule has 1 rings (SSSR count). The van der Waals surface area contributed by atoms with Gasteiger partial charge < -0.3 is 14.8 Å². The lowest BCUT2D eigenvalue weighted by molar-refractivity contribution is -0.158. The lowest BCUT2D eigenvalue weighted by Crippen LogP contribution is -2.36. The van der Waals surface area contributed by atoms with Gasteiger partial charge in [0.15, 0.2) is 12.7 Å². The topological polar surface area (TPSA) is 64.6 Å². The van der Waals surface area contributed by atoms with Gasteiger partial charge in [-0.3, -0.25) is 4.79 Å². The van der Waals surface area contributed by atoms with Crippen molar-refractivity contribution in [2.75, 3.05) is 13.2 Å². The van der Waals surface area contributed by atoms with E-state index in [0.717, 1.165) is 4.88 Å². The maximum absolute atomic E-state index is 12.0. The fourth-order valence-corrected chi connectivity index (χ4v) is 2.73. The molecule has 0 bridgehead atoms. The molecule has 0 aliphatic carbocycles. The van der Waals surface area contributed by atoms with Gasteiger partial charge in [0.2, 0.25) is 0 Å². The van der Waals surface area contributed by atoms with Crippen LogP contribution in [0.5, 0.6) is 0 Å². The second kappa shape index (κ2) is 9.38. The molecule has 22 heavy (non-hydrogen) atoms. The van der Waals surface area contributed by atoms with Crippen molar-refractivity contribution in [3.63, 3.8) is 0 Å². The fraction of sp³-hybridized carbons (Fsp3) is 0.500. The van der Waals surface area contributed by atoms with Gasteiger partial charge in [-0.15, -0.1) is 17.9 Å². The van der Waals surface area contributed by atoms with Crippen molar-refractivity contribution in [3.05, 3.63) is 35.0 Å². The molecule has 1 heterocycles. The Labute approximate surface area is 135 Å². The van der Waals surface area contributed by atoms with E-state index in [4.69, 9.17) is 9.47 Å². The Bertz CT molecular complexity index is 484. The van der Waals surface area contributed by atoms with Crippen LogP contribution in [0.15, 0.2) is 30.2 Å². The van der Waals surface area contributed by atoms with Gasteiger partial charge in [-0.05, 0) is 24.3 Å². The summed E-state index contributed by atoms with van der Waals surface area (Å²) in [4.78, 5) is 24.7. The zero-order chi connectivity index (χ0) is 16.5. The number of hydrogen-bond donors (Lipinski definition) is 1. The number of hydrogen-bond acceptors (Lipinski definition) is 5. The van der Waals surface area contributed by atoms with Crippen LogP contribution in [-0.4, -0.2) is 31.2 Å². The molecule has 2 atom stereocenters. The van der Waals surface area contributed by atoms with Crippen molar-refractivity contribution < 1.29 is 19.1 Å². The van der Waals surface area contributed by atoms with E-state index in [-0.39, 0.29) is 31.1 Å². The summed E-state index contributed by atoms with van der Waals surface area (Å²) in [6.45, 7) is 9.08. The quantitative estimate of drug-likeness (QED) is 0.560. The number of amides is 1. The molecule has 5 nitrogen and oxygen atoms in total. The first-order valence-electron chi connectivity index (χ1n) is 7.17. The minimum absolute atomic E-state index is 0.0827. The SMILES string of the molecule is C=CCOC(C)C(=O)OCC(=O)NC(c1cccs1)C(C)C. The normalized spacial score (nSPS) is 13.5. The number of ether oxygens (including phenoxy) is 2. The monoisotopic (exact) mass is 325 g/mol. The van der Waals surface area contributed by atoms with Gasteiger partial charge in [0.25, 0.3) is 5.91 Å². The number of carbonyl (C=O) groups is 2. The van der Waals surface area contributed by atoms with Crippen LogP contribution in [0, 0.1) is 5.92 Å². The van der Waals surface area contributed by atoms with Crippen LogP contribution < -0.4 is 5.32 Å². The molecule has 2 unspecified atom stereocenters. The summed E-state index contributed by atoms with van der Waals surface area (Å²) >= 11 is 1.59. The van der Waals surface area contributed by atoms with E-state index in [2.05, 4.69) is 11.9 Å². The van der Waals surface area contributed by atoms with Crippen molar-refractivity contribution in [3.8, 4) is 0 Å². The number of carbonyl (C=O) groups excluding carboxylic acids is 2. The van der Waals surface area contributed by atoms with Gasteiger partial charge in [-0.25, -0.2) is 4.79 Å². The van der Waals surface area contributed by atoms with Crippen molar-refractivity contribution in [1.29, 1.82) is 0 Å². The predicted octanol–water partition coefficient (Wildman–Crippen LogP) is 2.70. The third-order valence-corrected chi connectivity index (χ3v) is 3.93. The van der Waals surface area contributed by atoms with Gasteiger partial charge in [0.1, 0.15) is 0 Å². The lowest BCUT2D eigenvalue weighted by atomic mass is 10.0. The summed E-state index contributed by atoms with van der Waals surface area (Å²) in [5.74, 6) is -0.640. The van der Waals surface area contributed by atoms with E-state index in [1.165, 1.54) is 0 Å². The Morgan fingerprint density at radius 2 is 2.14 bits per heavy atom. The molecule has 1 N–H and O–H groups in total. The van der Waals surface area contributed by atoms with E-state index >= 15 is 0 Å². The Kier molecular flexibility index (Phi) is 7.84. The number of rotatable bonds is 9. The van der Waals surface area contributed by atoms with E-state index < -0.39 is 12.1 Å². The van der Waals surface area contributed by atoms with Crippen LogP contribution in [-0.2, 0) is 19.1 Å². The molecule has 0 saturated carbocycles. The minimum atomic E-state index is -0.719. The highest BCUT2D eigenvalue weighted by molar-refractivity contribution is 7.10. The van der Waals surface area contributed by atoms with E-state index in [1.807, 2.05) is 31.4 Å². The molecule has 0 saturated heterocycles. The zero-order valence-corrected chi connectivity index (χ0v) is 14.0. The number of esters is 1. The molecule has 1 amide bonds. The van der Waals surface area contributed by atoms with Crippen LogP contribution in [0.2, 0.25) is 0 Å². The van der Waals surface area contributed by atoms with Crippen LogP contribution in [0.25, 0.3) is 0 Å². The third-order valence-electron chi connectivity index (χ3n) is 2.97. The van der Waals surface area contributed by atoms with E-state index in [9.17, 15) is 9.59 Å². The molecular weight excluding hydrogens is 302 g/mol. The number of nitrogens with one attached hydrogen (secondary N) is 1. The minimum Gasteiger partial charge on any atom is -0.454 e. The van der Waals surface area contributed by atoms with Crippen LogP contribution in [0.4, 0.5) is 0 Å². The second-order valence-corrected chi connectivity index (χ2v) is 6.16. The molecular formula is C16H23NO4S. The van der Waals surface area contributed by atoms with Crippen molar-refractivity contribution in [1.82, 2.24) is 5.32 Å². The average molecular weight is 325 g/mol. The molecule has 0 spiro atoms. The van der Waals surface area contributed by atoms with Gasteiger partial charge in [0, 0.05) is 4.88 Å².